The Morgan fingerprint density at radius 1 is 1.24 bits per heavy atom. The van der Waals surface area contributed by atoms with E-state index in [1.54, 1.807) is 0 Å². The third-order valence-electron chi connectivity index (χ3n) is 4.95. The molecule has 6 heteroatoms. The van der Waals surface area contributed by atoms with E-state index in [4.69, 9.17) is 16.6 Å². The maximum Gasteiger partial charge on any atom is 0.225 e. The van der Waals surface area contributed by atoms with Crippen molar-refractivity contribution in [3.63, 3.8) is 0 Å². The molecule has 1 N–H and O–H groups in total. The number of fused-ring (bicyclic) bond motifs is 3. The van der Waals surface area contributed by atoms with Crippen LogP contribution in [0.4, 0.5) is 5.95 Å². The van der Waals surface area contributed by atoms with Gasteiger partial charge in [-0.2, -0.15) is 0 Å². The highest BCUT2D eigenvalue weighted by molar-refractivity contribution is 8.00. The number of aromatic nitrogens is 2. The van der Waals surface area contributed by atoms with E-state index in [1.807, 2.05) is 11.8 Å². The number of piperidine rings is 1. The minimum absolute atomic E-state index is 0.527. The molecule has 21 heavy (non-hydrogen) atoms. The van der Waals surface area contributed by atoms with Crippen LogP contribution in [0.3, 0.4) is 0 Å². The Balaban J connectivity index is 1.59. The molecule has 1 saturated carbocycles. The summed E-state index contributed by atoms with van der Waals surface area (Å²) in [6.45, 7) is 2.26. The zero-order valence-electron chi connectivity index (χ0n) is 12.3. The van der Waals surface area contributed by atoms with Crippen LogP contribution in [0.25, 0.3) is 0 Å². The van der Waals surface area contributed by atoms with Gasteiger partial charge in [0.15, 0.2) is 0 Å². The maximum atomic E-state index is 6.50. The summed E-state index contributed by atoms with van der Waals surface area (Å²) in [4.78, 5) is 11.7. The van der Waals surface area contributed by atoms with Crippen LogP contribution in [-0.4, -0.2) is 46.3 Å². The fourth-order valence-corrected chi connectivity index (χ4v) is 5.74. The molecule has 0 aromatic carbocycles. The topological polar surface area (TPSA) is 41.1 Å². The zero-order valence-corrected chi connectivity index (χ0v) is 13.9. The molecule has 3 aliphatic rings. The molecule has 2 aliphatic heterocycles. The Labute approximate surface area is 135 Å². The lowest BCUT2D eigenvalue weighted by Gasteiger charge is -2.31. The van der Waals surface area contributed by atoms with E-state index in [1.165, 1.54) is 37.7 Å². The van der Waals surface area contributed by atoms with Crippen molar-refractivity contribution in [2.24, 2.45) is 0 Å². The van der Waals surface area contributed by atoms with Crippen LogP contribution in [0.2, 0.25) is 5.15 Å². The molecule has 0 radical (unpaired) electrons. The fourth-order valence-electron chi connectivity index (χ4n) is 3.81. The van der Waals surface area contributed by atoms with Crippen LogP contribution in [0.15, 0.2) is 5.03 Å². The Hall–Kier alpha value is -0.520. The summed E-state index contributed by atoms with van der Waals surface area (Å²) in [5.41, 5.74) is 1.21. The van der Waals surface area contributed by atoms with Gasteiger partial charge in [0.2, 0.25) is 5.95 Å². The Morgan fingerprint density at radius 3 is 2.86 bits per heavy atom. The molecule has 1 aromatic heterocycles. The predicted octanol–water partition coefficient (Wildman–Crippen LogP) is 3.38. The summed E-state index contributed by atoms with van der Waals surface area (Å²) in [7, 11) is 2.19. The molecule has 3 heterocycles. The number of likely N-dealkylation sites (tertiary alicyclic amines) is 1. The summed E-state index contributed by atoms with van der Waals surface area (Å²) >= 11 is 8.39. The molecule has 2 unspecified atom stereocenters. The van der Waals surface area contributed by atoms with Gasteiger partial charge in [0, 0.05) is 29.3 Å². The van der Waals surface area contributed by atoms with Gasteiger partial charge in [0.05, 0.1) is 0 Å². The van der Waals surface area contributed by atoms with Crippen molar-refractivity contribution in [1.82, 2.24) is 14.9 Å². The molecular weight excluding hydrogens is 304 g/mol. The molecule has 4 nitrogen and oxygen atoms in total. The maximum absolute atomic E-state index is 6.50. The molecule has 0 bridgehead atoms. The molecule has 4 rings (SSSR count). The molecule has 1 aromatic rings. The lowest BCUT2D eigenvalue weighted by Crippen LogP contribution is -2.36. The number of anilines is 1. The van der Waals surface area contributed by atoms with Crippen LogP contribution >= 0.6 is 23.4 Å². The highest BCUT2D eigenvalue weighted by Crippen LogP contribution is 2.50. The third kappa shape index (κ3) is 2.64. The van der Waals surface area contributed by atoms with E-state index >= 15 is 0 Å². The SMILES string of the molecule is CN1CCC2c3c(Cl)nc(NC4CCCC4)nc3SC2C1. The normalized spacial score (nSPS) is 29.4. The third-order valence-corrected chi connectivity index (χ3v) is 6.55. The first kappa shape index (κ1) is 14.1. The van der Waals surface area contributed by atoms with Crippen LogP contribution in [-0.2, 0) is 0 Å². The molecule has 114 valence electrons. The largest absolute Gasteiger partial charge is 0.351 e. The Kier molecular flexibility index (Phi) is 3.76. The standard InChI is InChI=1S/C15H21ClN4S/c1-20-7-6-10-11(8-20)21-14-12(10)13(16)18-15(19-14)17-9-4-2-3-5-9/h9-11H,2-8H2,1H3,(H,17,18,19). The van der Waals surface area contributed by atoms with Gasteiger partial charge >= 0.3 is 0 Å². The number of halogens is 1. The Morgan fingerprint density at radius 2 is 2.05 bits per heavy atom. The summed E-state index contributed by atoms with van der Waals surface area (Å²) in [6, 6.07) is 0.527. The molecule has 2 fully saturated rings. The lowest BCUT2D eigenvalue weighted by molar-refractivity contribution is 0.264. The second-order valence-corrected chi connectivity index (χ2v) is 8.08. The van der Waals surface area contributed by atoms with Gasteiger partial charge < -0.3 is 10.2 Å². The summed E-state index contributed by atoms with van der Waals surface area (Å²) in [5, 5.41) is 5.84. The highest BCUT2D eigenvalue weighted by Gasteiger charge is 2.40. The summed E-state index contributed by atoms with van der Waals surface area (Å²) in [6.07, 6.45) is 6.23. The van der Waals surface area contributed by atoms with Crippen molar-refractivity contribution < 1.29 is 0 Å². The van der Waals surface area contributed by atoms with E-state index < -0.39 is 0 Å². The van der Waals surface area contributed by atoms with E-state index in [0.717, 1.165) is 24.1 Å². The monoisotopic (exact) mass is 324 g/mol. The van der Waals surface area contributed by atoms with Gasteiger partial charge in [-0.25, -0.2) is 9.97 Å². The average molecular weight is 325 g/mol. The first-order valence-electron chi connectivity index (χ1n) is 7.90. The van der Waals surface area contributed by atoms with Crippen LogP contribution in [0.5, 0.6) is 0 Å². The second-order valence-electron chi connectivity index (χ2n) is 6.50. The molecule has 0 amide bonds. The smallest absolute Gasteiger partial charge is 0.225 e. The first-order valence-corrected chi connectivity index (χ1v) is 9.15. The van der Waals surface area contributed by atoms with Crippen molar-refractivity contribution in [2.45, 2.75) is 54.3 Å². The van der Waals surface area contributed by atoms with Crippen molar-refractivity contribution in [1.29, 1.82) is 0 Å². The van der Waals surface area contributed by atoms with Gasteiger partial charge in [-0.15, -0.1) is 11.8 Å². The van der Waals surface area contributed by atoms with Crippen molar-refractivity contribution in [3.8, 4) is 0 Å². The summed E-state index contributed by atoms with van der Waals surface area (Å²) < 4.78 is 0. The van der Waals surface area contributed by atoms with E-state index in [0.29, 0.717) is 22.4 Å². The van der Waals surface area contributed by atoms with Gasteiger partial charge in [0.1, 0.15) is 10.2 Å². The van der Waals surface area contributed by atoms with Crippen LogP contribution in [0, 0.1) is 0 Å². The molecular formula is C15H21ClN4S. The number of thioether (sulfide) groups is 1. The predicted molar refractivity (Wildman–Crippen MR) is 87.4 cm³/mol. The minimum Gasteiger partial charge on any atom is -0.351 e. The quantitative estimate of drug-likeness (QED) is 0.845. The molecule has 2 atom stereocenters. The molecule has 0 spiro atoms. The lowest BCUT2D eigenvalue weighted by atomic mass is 9.91. The molecule has 1 aliphatic carbocycles. The van der Waals surface area contributed by atoms with Gasteiger partial charge in [-0.1, -0.05) is 24.4 Å². The average Bonchev–Trinajstić information content (AvgIpc) is 3.05. The molecule has 1 saturated heterocycles. The first-order chi connectivity index (χ1) is 10.2. The zero-order chi connectivity index (χ0) is 14.4. The number of hydrogen-bond acceptors (Lipinski definition) is 5. The second kappa shape index (κ2) is 5.60. The highest BCUT2D eigenvalue weighted by atomic mass is 35.5. The number of hydrogen-bond donors (Lipinski definition) is 1. The van der Waals surface area contributed by atoms with E-state index in [-0.39, 0.29) is 0 Å². The minimum atomic E-state index is 0.527. The number of nitrogens with zero attached hydrogens (tertiary/aromatic N) is 3. The number of nitrogens with one attached hydrogen (secondary N) is 1. The number of rotatable bonds is 2. The van der Waals surface area contributed by atoms with Gasteiger partial charge in [-0.05, 0) is 32.9 Å². The van der Waals surface area contributed by atoms with Crippen molar-refractivity contribution in [2.75, 3.05) is 25.5 Å². The van der Waals surface area contributed by atoms with Crippen molar-refractivity contribution >= 4 is 29.3 Å². The fraction of sp³-hybridized carbons (Fsp3) is 0.733. The summed E-state index contributed by atoms with van der Waals surface area (Å²) in [5.74, 6) is 1.26. The van der Waals surface area contributed by atoms with Gasteiger partial charge in [-0.3, -0.25) is 0 Å². The Bertz CT molecular complexity index is 547. The van der Waals surface area contributed by atoms with Crippen LogP contribution in [0.1, 0.15) is 43.6 Å². The van der Waals surface area contributed by atoms with Crippen molar-refractivity contribution in [3.05, 3.63) is 10.7 Å². The van der Waals surface area contributed by atoms with Crippen LogP contribution < -0.4 is 5.32 Å². The van der Waals surface area contributed by atoms with E-state index in [2.05, 4.69) is 22.2 Å². The van der Waals surface area contributed by atoms with E-state index in [9.17, 15) is 0 Å². The van der Waals surface area contributed by atoms with Gasteiger partial charge in [0.25, 0.3) is 0 Å².